The first-order valence-corrected chi connectivity index (χ1v) is 7.27. The van der Waals surface area contributed by atoms with Gasteiger partial charge in [-0.25, -0.2) is 9.78 Å². The Hall–Kier alpha value is -3.11. The highest BCUT2D eigenvalue weighted by molar-refractivity contribution is 5.94. The van der Waals surface area contributed by atoms with Gasteiger partial charge < -0.3 is 14.8 Å². The van der Waals surface area contributed by atoms with E-state index in [1.54, 1.807) is 20.0 Å². The summed E-state index contributed by atoms with van der Waals surface area (Å²) in [6.45, 7) is -0.280. The number of hydrogen-bond donors (Lipinski definition) is 1. The van der Waals surface area contributed by atoms with Gasteiger partial charge in [0.25, 0.3) is 5.91 Å². The summed E-state index contributed by atoms with van der Waals surface area (Å²) in [6, 6.07) is 3.92. The number of amides is 1. The van der Waals surface area contributed by atoms with E-state index in [1.807, 2.05) is 0 Å². The van der Waals surface area contributed by atoms with Crippen LogP contribution in [0.2, 0.25) is 0 Å². The first-order chi connectivity index (χ1) is 12.1. The number of nitrogens with one attached hydrogen (secondary N) is 1. The van der Waals surface area contributed by atoms with Gasteiger partial charge in [-0.3, -0.25) is 9.48 Å². The quantitative estimate of drug-likeness (QED) is 0.778. The standard InChI is InChI=1S/C15H15F3N4O4/c1-9-5-11(22(2)21-9)20-12(23)7-25-14(24)10-3-4-13(19-6-10)26-8-15(16,17)18/h3-6H,7-8H2,1-2H3,(H,20,23). The number of alkyl halides is 3. The van der Waals surface area contributed by atoms with Crippen molar-refractivity contribution in [3.05, 3.63) is 35.7 Å². The van der Waals surface area contributed by atoms with Crippen LogP contribution in [-0.4, -0.2) is 46.0 Å². The number of hydrogen-bond acceptors (Lipinski definition) is 6. The van der Waals surface area contributed by atoms with Crippen LogP contribution in [0.4, 0.5) is 19.0 Å². The van der Waals surface area contributed by atoms with Crippen LogP contribution in [-0.2, 0) is 16.6 Å². The van der Waals surface area contributed by atoms with E-state index >= 15 is 0 Å². The fourth-order valence-corrected chi connectivity index (χ4v) is 1.86. The monoisotopic (exact) mass is 372 g/mol. The van der Waals surface area contributed by atoms with Crippen LogP contribution in [0, 0.1) is 6.92 Å². The Morgan fingerprint density at radius 2 is 2.04 bits per heavy atom. The van der Waals surface area contributed by atoms with Gasteiger partial charge in [-0.2, -0.15) is 18.3 Å². The number of rotatable bonds is 6. The maximum atomic E-state index is 12.0. The lowest BCUT2D eigenvalue weighted by Crippen LogP contribution is -2.22. The van der Waals surface area contributed by atoms with E-state index in [1.165, 1.54) is 10.7 Å². The molecule has 0 aliphatic carbocycles. The van der Waals surface area contributed by atoms with Crippen LogP contribution in [0.5, 0.6) is 5.88 Å². The van der Waals surface area contributed by atoms with Gasteiger partial charge in [-0.05, 0) is 13.0 Å². The van der Waals surface area contributed by atoms with Gasteiger partial charge in [0.05, 0.1) is 11.3 Å². The van der Waals surface area contributed by atoms with Crippen LogP contribution in [0.3, 0.4) is 0 Å². The van der Waals surface area contributed by atoms with Crippen molar-refractivity contribution in [2.24, 2.45) is 7.05 Å². The van der Waals surface area contributed by atoms with Crippen LogP contribution in [0.1, 0.15) is 16.1 Å². The van der Waals surface area contributed by atoms with Crippen LogP contribution in [0.25, 0.3) is 0 Å². The number of nitrogens with zero attached hydrogens (tertiary/aromatic N) is 3. The fraction of sp³-hybridized carbons (Fsp3) is 0.333. The third-order valence-corrected chi connectivity index (χ3v) is 2.96. The number of esters is 1. The second-order valence-electron chi connectivity index (χ2n) is 5.21. The SMILES string of the molecule is Cc1cc(NC(=O)COC(=O)c2ccc(OCC(F)(F)F)nc2)n(C)n1. The van der Waals surface area contributed by atoms with Crippen LogP contribution < -0.4 is 10.1 Å². The zero-order valence-corrected chi connectivity index (χ0v) is 13.8. The van der Waals surface area contributed by atoms with Gasteiger partial charge >= 0.3 is 12.1 Å². The van der Waals surface area contributed by atoms with E-state index in [0.717, 1.165) is 12.3 Å². The molecule has 0 unspecified atom stereocenters. The number of pyridine rings is 1. The summed E-state index contributed by atoms with van der Waals surface area (Å²) in [6.07, 6.45) is -3.49. The Bertz CT molecular complexity index is 787. The molecular formula is C15H15F3N4O4. The molecule has 0 atom stereocenters. The number of aryl methyl sites for hydroxylation is 2. The summed E-state index contributed by atoms with van der Waals surface area (Å²) < 4.78 is 46.8. The van der Waals surface area contributed by atoms with E-state index in [2.05, 4.69) is 20.1 Å². The zero-order valence-electron chi connectivity index (χ0n) is 13.8. The molecule has 0 aliphatic rings. The molecule has 0 bridgehead atoms. The van der Waals surface area contributed by atoms with Crippen molar-refractivity contribution in [1.29, 1.82) is 0 Å². The summed E-state index contributed by atoms with van der Waals surface area (Å²) in [4.78, 5) is 27.2. The average Bonchev–Trinajstić information content (AvgIpc) is 2.88. The lowest BCUT2D eigenvalue weighted by molar-refractivity contribution is -0.154. The Labute approximate surface area is 145 Å². The van der Waals surface area contributed by atoms with Gasteiger partial charge in [-0.1, -0.05) is 0 Å². The second kappa shape index (κ2) is 7.85. The van der Waals surface area contributed by atoms with Crippen LogP contribution >= 0.6 is 0 Å². The van der Waals surface area contributed by atoms with Gasteiger partial charge in [0.15, 0.2) is 13.2 Å². The molecule has 26 heavy (non-hydrogen) atoms. The maximum absolute atomic E-state index is 12.0. The third kappa shape index (κ3) is 5.76. The van der Waals surface area contributed by atoms with Gasteiger partial charge in [-0.15, -0.1) is 0 Å². The summed E-state index contributed by atoms with van der Waals surface area (Å²) in [5, 5.41) is 6.57. The molecule has 2 heterocycles. The van der Waals surface area contributed by atoms with Crippen molar-refractivity contribution in [2.45, 2.75) is 13.1 Å². The molecule has 2 aromatic rings. The van der Waals surface area contributed by atoms with Crippen molar-refractivity contribution in [2.75, 3.05) is 18.5 Å². The lowest BCUT2D eigenvalue weighted by Gasteiger charge is -2.09. The van der Waals surface area contributed by atoms with E-state index in [0.29, 0.717) is 11.5 Å². The molecule has 1 N–H and O–H groups in total. The highest BCUT2D eigenvalue weighted by Crippen LogP contribution is 2.17. The largest absolute Gasteiger partial charge is 0.468 e. The summed E-state index contributed by atoms with van der Waals surface area (Å²) >= 11 is 0. The number of aromatic nitrogens is 3. The predicted molar refractivity (Wildman–Crippen MR) is 82.6 cm³/mol. The first kappa shape index (κ1) is 19.2. The highest BCUT2D eigenvalue weighted by Gasteiger charge is 2.28. The molecule has 0 radical (unpaired) electrons. The van der Waals surface area contributed by atoms with Crippen molar-refractivity contribution in [3.63, 3.8) is 0 Å². The molecule has 0 aromatic carbocycles. The number of anilines is 1. The molecule has 8 nitrogen and oxygen atoms in total. The minimum absolute atomic E-state index is 0.0338. The number of carbonyl (C=O) groups is 2. The van der Waals surface area contributed by atoms with Crippen molar-refractivity contribution < 1.29 is 32.2 Å². The minimum atomic E-state index is -4.49. The van der Waals surface area contributed by atoms with Crippen molar-refractivity contribution in [1.82, 2.24) is 14.8 Å². The molecule has 0 aliphatic heterocycles. The van der Waals surface area contributed by atoms with E-state index in [-0.39, 0.29) is 11.4 Å². The summed E-state index contributed by atoms with van der Waals surface area (Å²) in [5.41, 5.74) is 0.673. The Balaban J connectivity index is 1.83. The molecule has 2 rings (SSSR count). The smallest absolute Gasteiger partial charge is 0.422 e. The number of ether oxygens (including phenoxy) is 2. The van der Waals surface area contributed by atoms with E-state index in [9.17, 15) is 22.8 Å². The first-order valence-electron chi connectivity index (χ1n) is 7.27. The van der Waals surface area contributed by atoms with Gasteiger partial charge in [0, 0.05) is 25.4 Å². The Morgan fingerprint density at radius 3 is 2.58 bits per heavy atom. The maximum Gasteiger partial charge on any atom is 0.422 e. The van der Waals surface area contributed by atoms with E-state index < -0.39 is 31.3 Å². The fourth-order valence-electron chi connectivity index (χ4n) is 1.86. The Kier molecular flexibility index (Phi) is 5.80. The molecule has 2 aromatic heterocycles. The molecule has 0 fully saturated rings. The zero-order chi connectivity index (χ0) is 19.3. The minimum Gasteiger partial charge on any atom is -0.468 e. The number of carbonyl (C=O) groups excluding carboxylic acids is 2. The molecule has 0 spiro atoms. The van der Waals surface area contributed by atoms with Crippen LogP contribution in [0.15, 0.2) is 24.4 Å². The predicted octanol–water partition coefficient (Wildman–Crippen LogP) is 1.86. The molecular weight excluding hydrogens is 357 g/mol. The third-order valence-electron chi connectivity index (χ3n) is 2.96. The molecule has 140 valence electrons. The Morgan fingerprint density at radius 1 is 1.31 bits per heavy atom. The topological polar surface area (TPSA) is 95.3 Å². The number of halogens is 3. The average molecular weight is 372 g/mol. The second-order valence-corrected chi connectivity index (χ2v) is 5.21. The van der Waals surface area contributed by atoms with Crippen molar-refractivity contribution in [3.8, 4) is 5.88 Å². The molecule has 11 heteroatoms. The normalized spacial score (nSPS) is 11.1. The summed E-state index contributed by atoms with van der Waals surface area (Å²) in [7, 11) is 1.64. The van der Waals surface area contributed by atoms with Gasteiger partial charge in [0.2, 0.25) is 5.88 Å². The summed E-state index contributed by atoms with van der Waals surface area (Å²) in [5.74, 6) is -1.27. The van der Waals surface area contributed by atoms with Gasteiger partial charge in [0.1, 0.15) is 5.82 Å². The molecule has 0 saturated heterocycles. The molecule has 1 amide bonds. The highest BCUT2D eigenvalue weighted by atomic mass is 19.4. The lowest BCUT2D eigenvalue weighted by atomic mass is 10.3. The van der Waals surface area contributed by atoms with Crippen molar-refractivity contribution >= 4 is 17.7 Å². The van der Waals surface area contributed by atoms with E-state index in [4.69, 9.17) is 4.74 Å². The molecule has 0 saturated carbocycles.